The van der Waals surface area contributed by atoms with Crippen molar-refractivity contribution >= 4 is 23.1 Å². The first-order valence-electron chi connectivity index (χ1n) is 6.71. The predicted octanol–water partition coefficient (Wildman–Crippen LogP) is 2.70. The molecule has 1 unspecified atom stereocenters. The summed E-state index contributed by atoms with van der Waals surface area (Å²) in [6, 6.07) is 7.75. The third kappa shape index (κ3) is 2.95. The van der Waals surface area contributed by atoms with Gasteiger partial charge in [-0.3, -0.25) is 4.79 Å². The number of nitrogens with zero attached hydrogens (tertiary/aromatic N) is 1. The van der Waals surface area contributed by atoms with Gasteiger partial charge in [0.25, 0.3) is 5.91 Å². The molecule has 1 heterocycles. The third-order valence-corrected chi connectivity index (χ3v) is 3.94. The van der Waals surface area contributed by atoms with E-state index in [4.69, 9.17) is 18.0 Å². The molecule has 3 nitrogen and oxygen atoms in total. The van der Waals surface area contributed by atoms with E-state index in [2.05, 4.69) is 13.8 Å². The van der Waals surface area contributed by atoms with Crippen LogP contribution in [-0.4, -0.2) is 28.4 Å². The van der Waals surface area contributed by atoms with Crippen molar-refractivity contribution in [2.75, 3.05) is 6.54 Å². The Balaban J connectivity index is 2.17. The fraction of sp³-hybridized carbons (Fsp3) is 0.467. The average Bonchev–Trinajstić information content (AvgIpc) is 2.87. The standard InChI is InChI=1S/C15H20N2OS/c1-10(2)11-5-7-12(8-6-11)15(18)17-9-3-4-13(17)14(16)19/h5-8,10,13H,3-4,9H2,1-2H3,(H2,16,19). The molecule has 2 rings (SSSR count). The van der Waals surface area contributed by atoms with Crippen molar-refractivity contribution in [2.24, 2.45) is 5.73 Å². The van der Waals surface area contributed by atoms with Gasteiger partial charge in [-0.1, -0.05) is 38.2 Å². The van der Waals surface area contributed by atoms with Crippen molar-refractivity contribution < 1.29 is 4.79 Å². The smallest absolute Gasteiger partial charge is 0.254 e. The van der Waals surface area contributed by atoms with Gasteiger partial charge in [-0.05, 0) is 36.5 Å². The summed E-state index contributed by atoms with van der Waals surface area (Å²) in [5, 5.41) is 0. The third-order valence-electron chi connectivity index (χ3n) is 3.67. The first kappa shape index (κ1) is 14.0. The average molecular weight is 276 g/mol. The minimum absolute atomic E-state index is 0.0330. The number of carbonyl (C=O) groups is 1. The molecule has 0 radical (unpaired) electrons. The Morgan fingerprint density at radius 2 is 2.00 bits per heavy atom. The molecule has 1 aromatic carbocycles. The number of nitrogens with two attached hydrogens (primary N) is 1. The second kappa shape index (κ2) is 5.70. The Morgan fingerprint density at radius 3 is 2.53 bits per heavy atom. The highest BCUT2D eigenvalue weighted by Crippen LogP contribution is 2.21. The predicted molar refractivity (Wildman–Crippen MR) is 81.4 cm³/mol. The van der Waals surface area contributed by atoms with E-state index in [1.807, 2.05) is 24.3 Å². The van der Waals surface area contributed by atoms with Gasteiger partial charge in [0.15, 0.2) is 0 Å². The van der Waals surface area contributed by atoms with E-state index in [9.17, 15) is 4.79 Å². The number of carbonyl (C=O) groups excluding carboxylic acids is 1. The molecule has 1 amide bonds. The second-order valence-corrected chi connectivity index (χ2v) is 5.81. The fourth-order valence-electron chi connectivity index (χ4n) is 2.48. The van der Waals surface area contributed by atoms with Gasteiger partial charge in [0.05, 0.1) is 11.0 Å². The van der Waals surface area contributed by atoms with Crippen molar-refractivity contribution in [3.8, 4) is 0 Å². The summed E-state index contributed by atoms with van der Waals surface area (Å²) in [5.41, 5.74) is 7.66. The molecule has 4 heteroatoms. The van der Waals surface area contributed by atoms with Crippen LogP contribution in [0.3, 0.4) is 0 Å². The van der Waals surface area contributed by atoms with E-state index in [0.717, 1.165) is 19.4 Å². The van der Waals surface area contributed by atoms with E-state index in [1.54, 1.807) is 4.90 Å². The molecule has 1 fully saturated rings. The minimum Gasteiger partial charge on any atom is -0.392 e. The topological polar surface area (TPSA) is 46.3 Å². The number of hydrogen-bond acceptors (Lipinski definition) is 2. The molecular weight excluding hydrogens is 256 g/mol. The van der Waals surface area contributed by atoms with Gasteiger partial charge in [0, 0.05) is 12.1 Å². The Labute approximate surface area is 119 Å². The largest absolute Gasteiger partial charge is 0.392 e. The van der Waals surface area contributed by atoms with Gasteiger partial charge >= 0.3 is 0 Å². The zero-order chi connectivity index (χ0) is 14.0. The highest BCUT2D eigenvalue weighted by atomic mass is 32.1. The Hall–Kier alpha value is -1.42. The molecule has 0 spiro atoms. The molecule has 0 saturated carbocycles. The SMILES string of the molecule is CC(C)c1ccc(C(=O)N2CCCC2C(N)=S)cc1. The quantitative estimate of drug-likeness (QED) is 0.863. The van der Waals surface area contributed by atoms with E-state index in [1.165, 1.54) is 5.56 Å². The minimum atomic E-state index is -0.0766. The lowest BCUT2D eigenvalue weighted by atomic mass is 10.0. The van der Waals surface area contributed by atoms with E-state index < -0.39 is 0 Å². The van der Waals surface area contributed by atoms with Crippen LogP contribution in [0.5, 0.6) is 0 Å². The number of likely N-dealkylation sites (tertiary alicyclic amines) is 1. The van der Waals surface area contributed by atoms with Crippen LogP contribution in [0.4, 0.5) is 0 Å². The van der Waals surface area contributed by atoms with E-state index in [0.29, 0.717) is 16.5 Å². The monoisotopic (exact) mass is 276 g/mol. The van der Waals surface area contributed by atoms with Crippen molar-refractivity contribution in [2.45, 2.75) is 38.6 Å². The van der Waals surface area contributed by atoms with E-state index in [-0.39, 0.29) is 11.9 Å². The maximum atomic E-state index is 12.5. The number of amides is 1. The lowest BCUT2D eigenvalue weighted by Gasteiger charge is -2.24. The van der Waals surface area contributed by atoms with Crippen LogP contribution in [-0.2, 0) is 0 Å². The maximum Gasteiger partial charge on any atom is 0.254 e. The first-order valence-corrected chi connectivity index (χ1v) is 7.11. The Bertz CT molecular complexity index is 481. The van der Waals surface area contributed by atoms with Gasteiger partial charge in [-0.15, -0.1) is 0 Å². The van der Waals surface area contributed by atoms with E-state index >= 15 is 0 Å². The molecule has 1 aliphatic rings. The number of benzene rings is 1. The lowest BCUT2D eigenvalue weighted by molar-refractivity contribution is 0.0770. The number of hydrogen-bond donors (Lipinski definition) is 1. The van der Waals surface area contributed by atoms with Gasteiger partial charge in [0.2, 0.25) is 0 Å². The molecule has 0 bridgehead atoms. The molecule has 0 aromatic heterocycles. The zero-order valence-corrected chi connectivity index (χ0v) is 12.2. The lowest BCUT2D eigenvalue weighted by Crippen LogP contribution is -2.42. The van der Waals surface area contributed by atoms with Crippen LogP contribution < -0.4 is 5.73 Å². The molecule has 102 valence electrons. The summed E-state index contributed by atoms with van der Waals surface area (Å²) < 4.78 is 0. The van der Waals surface area contributed by atoms with Crippen LogP contribution in [0, 0.1) is 0 Å². The molecular formula is C15H20N2OS. The molecule has 2 N–H and O–H groups in total. The van der Waals surface area contributed by atoms with Crippen LogP contribution >= 0.6 is 12.2 Å². The van der Waals surface area contributed by atoms with Gasteiger partial charge in [-0.25, -0.2) is 0 Å². The van der Waals surface area contributed by atoms with Gasteiger partial charge in [0.1, 0.15) is 0 Å². The number of rotatable bonds is 3. The first-order chi connectivity index (χ1) is 9.00. The normalized spacial score (nSPS) is 18.9. The molecule has 1 atom stereocenters. The summed E-state index contributed by atoms with van der Waals surface area (Å²) in [7, 11) is 0. The van der Waals surface area contributed by atoms with Crippen LogP contribution in [0.15, 0.2) is 24.3 Å². The van der Waals surface area contributed by atoms with Crippen molar-refractivity contribution in [3.05, 3.63) is 35.4 Å². The summed E-state index contributed by atoms with van der Waals surface area (Å²) in [6.45, 7) is 5.02. The molecule has 1 aliphatic heterocycles. The molecule has 0 aliphatic carbocycles. The highest BCUT2D eigenvalue weighted by molar-refractivity contribution is 7.80. The summed E-state index contributed by atoms with van der Waals surface area (Å²) in [6.07, 6.45) is 1.85. The summed E-state index contributed by atoms with van der Waals surface area (Å²) >= 11 is 5.04. The van der Waals surface area contributed by atoms with Crippen LogP contribution in [0.25, 0.3) is 0 Å². The summed E-state index contributed by atoms with van der Waals surface area (Å²) in [5.74, 6) is 0.505. The van der Waals surface area contributed by atoms with Crippen molar-refractivity contribution in [1.82, 2.24) is 4.90 Å². The molecule has 19 heavy (non-hydrogen) atoms. The van der Waals surface area contributed by atoms with Gasteiger partial charge in [-0.2, -0.15) is 0 Å². The second-order valence-electron chi connectivity index (χ2n) is 5.34. The van der Waals surface area contributed by atoms with Crippen LogP contribution in [0.2, 0.25) is 0 Å². The zero-order valence-electron chi connectivity index (χ0n) is 11.4. The van der Waals surface area contributed by atoms with Crippen LogP contribution in [0.1, 0.15) is 48.5 Å². The van der Waals surface area contributed by atoms with Gasteiger partial charge < -0.3 is 10.6 Å². The molecule has 1 saturated heterocycles. The van der Waals surface area contributed by atoms with Crippen molar-refractivity contribution in [1.29, 1.82) is 0 Å². The Morgan fingerprint density at radius 1 is 1.37 bits per heavy atom. The molecule has 1 aromatic rings. The highest BCUT2D eigenvalue weighted by Gasteiger charge is 2.31. The fourth-order valence-corrected chi connectivity index (χ4v) is 2.73. The van der Waals surface area contributed by atoms with Crippen molar-refractivity contribution in [3.63, 3.8) is 0 Å². The maximum absolute atomic E-state index is 12.5. The summed E-state index contributed by atoms with van der Waals surface area (Å²) in [4.78, 5) is 14.7. The Kier molecular flexibility index (Phi) is 4.20. The number of thiocarbonyl (C=S) groups is 1.